The molecule has 3 aromatic rings. The first-order valence-corrected chi connectivity index (χ1v) is 11.6. The van der Waals surface area contributed by atoms with E-state index in [-0.39, 0.29) is 18.0 Å². The minimum absolute atomic E-state index is 0.00216. The molecule has 2 aromatic heterocycles. The van der Waals surface area contributed by atoms with Gasteiger partial charge in [0.05, 0.1) is 13.5 Å². The van der Waals surface area contributed by atoms with E-state index >= 15 is 0 Å². The second-order valence-corrected chi connectivity index (χ2v) is 8.31. The molecular weight excluding hydrogens is 450 g/mol. The summed E-state index contributed by atoms with van der Waals surface area (Å²) in [5.41, 5.74) is 1.24. The predicted octanol–water partition coefficient (Wildman–Crippen LogP) is 1.36. The van der Waals surface area contributed by atoms with Crippen LogP contribution in [-0.2, 0) is 22.5 Å². The van der Waals surface area contributed by atoms with E-state index in [0.29, 0.717) is 56.9 Å². The van der Waals surface area contributed by atoms with Crippen LogP contribution in [0.1, 0.15) is 22.5 Å². The van der Waals surface area contributed by atoms with E-state index in [1.807, 2.05) is 24.3 Å². The van der Waals surface area contributed by atoms with Crippen LogP contribution in [0.15, 0.2) is 47.4 Å². The van der Waals surface area contributed by atoms with Crippen LogP contribution in [0.5, 0.6) is 5.75 Å². The van der Waals surface area contributed by atoms with E-state index in [2.05, 4.69) is 9.97 Å². The molecule has 1 saturated heterocycles. The summed E-state index contributed by atoms with van der Waals surface area (Å²) in [5.74, 6) is 0.310. The third kappa shape index (κ3) is 5.48. The number of carbonyl (C=O) groups excluding carboxylic acids is 2. The fraction of sp³-hybridized carbons (Fsp3) is 0.400. The summed E-state index contributed by atoms with van der Waals surface area (Å²) in [6, 6.07) is 10.9. The van der Waals surface area contributed by atoms with Crippen LogP contribution in [0.4, 0.5) is 0 Å². The van der Waals surface area contributed by atoms with Gasteiger partial charge in [-0.3, -0.25) is 19.0 Å². The Morgan fingerprint density at radius 1 is 1.00 bits per heavy atom. The van der Waals surface area contributed by atoms with Gasteiger partial charge in [-0.2, -0.15) is 0 Å². The summed E-state index contributed by atoms with van der Waals surface area (Å²) in [7, 11) is 3.20. The summed E-state index contributed by atoms with van der Waals surface area (Å²) in [6.45, 7) is 2.33. The molecule has 35 heavy (non-hydrogen) atoms. The van der Waals surface area contributed by atoms with E-state index in [1.54, 1.807) is 42.3 Å². The molecule has 1 aliphatic rings. The van der Waals surface area contributed by atoms with E-state index in [1.165, 1.54) is 4.57 Å². The lowest BCUT2D eigenvalue weighted by Crippen LogP contribution is -2.52. The lowest BCUT2D eigenvalue weighted by atomic mass is 10.1. The number of aromatic nitrogens is 3. The number of benzene rings is 1. The largest absolute Gasteiger partial charge is 0.497 e. The number of methoxy groups -OCH3 is 2. The highest BCUT2D eigenvalue weighted by molar-refractivity contribution is 5.93. The number of rotatable bonds is 8. The van der Waals surface area contributed by atoms with E-state index in [4.69, 9.17) is 9.47 Å². The predicted molar refractivity (Wildman–Crippen MR) is 129 cm³/mol. The van der Waals surface area contributed by atoms with E-state index < -0.39 is 11.5 Å². The third-order valence-electron chi connectivity index (χ3n) is 6.07. The molecule has 0 aliphatic carbocycles. The molecule has 1 aromatic carbocycles. The van der Waals surface area contributed by atoms with Gasteiger partial charge >= 0.3 is 0 Å². The SMILES string of the molecule is COCCCn1c(=O)c(C(=O)N2CCN(C(=O)Cc3ccc(OC)cc3)CC2)nc2cccnc21. The topological polar surface area (TPSA) is 107 Å². The first-order valence-electron chi connectivity index (χ1n) is 11.6. The van der Waals surface area contributed by atoms with Gasteiger partial charge in [0.1, 0.15) is 11.3 Å². The monoisotopic (exact) mass is 479 g/mol. The van der Waals surface area contributed by atoms with E-state index in [0.717, 1.165) is 11.3 Å². The summed E-state index contributed by atoms with van der Waals surface area (Å²) in [4.78, 5) is 51.2. The van der Waals surface area contributed by atoms with Crippen LogP contribution in [0.2, 0.25) is 0 Å². The number of nitrogens with zero attached hydrogens (tertiary/aromatic N) is 5. The Morgan fingerprint density at radius 2 is 1.71 bits per heavy atom. The van der Waals surface area contributed by atoms with Gasteiger partial charge in [-0.05, 0) is 36.2 Å². The van der Waals surface area contributed by atoms with Crippen LogP contribution in [0, 0.1) is 0 Å². The molecule has 3 heterocycles. The molecule has 1 aliphatic heterocycles. The minimum atomic E-state index is -0.463. The number of amides is 2. The van der Waals surface area contributed by atoms with Crippen molar-refractivity contribution in [2.45, 2.75) is 19.4 Å². The van der Waals surface area contributed by atoms with Crippen molar-refractivity contribution in [1.82, 2.24) is 24.3 Å². The molecule has 2 amide bonds. The Kier molecular flexibility index (Phi) is 7.71. The number of fused-ring (bicyclic) bond motifs is 1. The van der Waals surface area contributed by atoms with E-state index in [9.17, 15) is 14.4 Å². The molecule has 0 atom stereocenters. The fourth-order valence-electron chi connectivity index (χ4n) is 4.13. The van der Waals surface area contributed by atoms with Gasteiger partial charge in [-0.1, -0.05) is 12.1 Å². The maximum atomic E-state index is 13.3. The third-order valence-corrected chi connectivity index (χ3v) is 6.07. The number of hydrogen-bond donors (Lipinski definition) is 0. The van der Waals surface area contributed by atoms with Gasteiger partial charge in [-0.15, -0.1) is 0 Å². The van der Waals surface area contributed by atoms with Gasteiger partial charge < -0.3 is 19.3 Å². The lowest BCUT2D eigenvalue weighted by Gasteiger charge is -2.34. The van der Waals surface area contributed by atoms with Gasteiger partial charge in [0.2, 0.25) is 5.91 Å². The summed E-state index contributed by atoms with van der Waals surface area (Å²) in [6.07, 6.45) is 2.48. The quantitative estimate of drug-likeness (QED) is 0.449. The highest BCUT2D eigenvalue weighted by atomic mass is 16.5. The Labute approximate surface area is 203 Å². The molecule has 0 saturated carbocycles. The first kappa shape index (κ1) is 24.3. The highest BCUT2D eigenvalue weighted by Gasteiger charge is 2.28. The van der Waals surface area contributed by atoms with Crippen molar-refractivity contribution < 1.29 is 19.1 Å². The van der Waals surface area contributed by atoms with Gasteiger partial charge in [0.15, 0.2) is 11.3 Å². The lowest BCUT2D eigenvalue weighted by molar-refractivity contribution is -0.131. The molecular formula is C25H29N5O5. The van der Waals surface area contributed by atoms with Crippen molar-refractivity contribution in [3.05, 3.63) is 64.2 Å². The van der Waals surface area contributed by atoms with Crippen LogP contribution in [0.3, 0.4) is 0 Å². The molecule has 10 heteroatoms. The zero-order valence-corrected chi connectivity index (χ0v) is 20.0. The standard InChI is InChI=1S/C25H29N5O5/c1-34-16-4-11-30-23-20(5-3-10-26-23)27-22(25(30)33)24(32)29-14-12-28(13-15-29)21(31)17-18-6-8-19(35-2)9-7-18/h3,5-10H,4,11-17H2,1-2H3. The molecule has 1 fully saturated rings. The number of piperazine rings is 1. The summed E-state index contributed by atoms with van der Waals surface area (Å²) in [5, 5.41) is 0. The Hall–Kier alpha value is -3.79. The average molecular weight is 480 g/mol. The number of pyridine rings is 1. The van der Waals surface area contributed by atoms with Gasteiger partial charge in [0, 0.05) is 52.6 Å². The van der Waals surface area contributed by atoms with Crippen molar-refractivity contribution in [3.8, 4) is 5.75 Å². The highest BCUT2D eigenvalue weighted by Crippen LogP contribution is 2.14. The maximum Gasteiger partial charge on any atom is 0.283 e. The van der Waals surface area contributed by atoms with Crippen LogP contribution in [0.25, 0.3) is 11.2 Å². The normalized spacial score (nSPS) is 13.8. The Morgan fingerprint density at radius 3 is 2.40 bits per heavy atom. The second kappa shape index (κ2) is 11.1. The minimum Gasteiger partial charge on any atom is -0.497 e. The maximum absolute atomic E-state index is 13.3. The van der Waals surface area contributed by atoms with Crippen LogP contribution >= 0.6 is 0 Å². The number of ether oxygens (including phenoxy) is 2. The smallest absolute Gasteiger partial charge is 0.283 e. The summed E-state index contributed by atoms with van der Waals surface area (Å²) < 4.78 is 11.7. The summed E-state index contributed by atoms with van der Waals surface area (Å²) >= 11 is 0. The molecule has 0 bridgehead atoms. The van der Waals surface area contributed by atoms with Gasteiger partial charge in [0.25, 0.3) is 11.5 Å². The Balaban J connectivity index is 1.45. The zero-order chi connectivity index (χ0) is 24.8. The molecule has 0 N–H and O–H groups in total. The van der Waals surface area contributed by atoms with Crippen LogP contribution in [-0.4, -0.2) is 83.2 Å². The van der Waals surface area contributed by atoms with Crippen molar-refractivity contribution in [3.63, 3.8) is 0 Å². The van der Waals surface area contributed by atoms with Crippen molar-refractivity contribution in [1.29, 1.82) is 0 Å². The second-order valence-electron chi connectivity index (χ2n) is 8.31. The fourth-order valence-corrected chi connectivity index (χ4v) is 4.13. The first-order chi connectivity index (χ1) is 17.0. The molecule has 4 rings (SSSR count). The number of carbonyl (C=O) groups is 2. The average Bonchev–Trinajstić information content (AvgIpc) is 2.90. The molecule has 0 unspecified atom stereocenters. The van der Waals surface area contributed by atoms with Crippen molar-refractivity contribution >= 4 is 23.0 Å². The van der Waals surface area contributed by atoms with Crippen molar-refractivity contribution in [2.24, 2.45) is 0 Å². The molecule has 0 radical (unpaired) electrons. The molecule has 0 spiro atoms. The zero-order valence-electron chi connectivity index (χ0n) is 20.0. The van der Waals surface area contributed by atoms with Crippen molar-refractivity contribution in [2.75, 3.05) is 47.0 Å². The van der Waals surface area contributed by atoms with Crippen LogP contribution < -0.4 is 10.3 Å². The molecule has 10 nitrogen and oxygen atoms in total. The number of hydrogen-bond acceptors (Lipinski definition) is 7. The molecule has 184 valence electrons. The number of aryl methyl sites for hydroxylation is 1. The Bertz CT molecular complexity index is 1250. The van der Waals surface area contributed by atoms with Gasteiger partial charge in [-0.25, -0.2) is 9.97 Å².